The molecule has 23 heavy (non-hydrogen) atoms. The van der Waals surface area contributed by atoms with Gasteiger partial charge in [-0.2, -0.15) is 5.26 Å². The molecule has 0 aliphatic heterocycles. The Kier molecular flexibility index (Phi) is 4.59. The van der Waals surface area contributed by atoms with Gasteiger partial charge in [-0.3, -0.25) is 9.87 Å². The molecule has 122 valence electrons. The largest absolute Gasteiger partial charge is 0.372 e. The second-order valence-corrected chi connectivity index (χ2v) is 11.9. The van der Waals surface area contributed by atoms with Gasteiger partial charge in [0, 0.05) is 13.1 Å². The zero-order valence-electron chi connectivity index (χ0n) is 15.2. The number of carbonyl (C=O) groups is 1. The Morgan fingerprint density at radius 1 is 1.26 bits per heavy atom. The Bertz CT molecular complexity index is 746. The Morgan fingerprint density at radius 2 is 1.87 bits per heavy atom. The van der Waals surface area contributed by atoms with Crippen molar-refractivity contribution in [1.82, 2.24) is 4.98 Å². The van der Waals surface area contributed by atoms with Crippen LogP contribution in [0.5, 0.6) is 0 Å². The minimum atomic E-state index is -1.61. The number of rotatable bonds is 4. The van der Waals surface area contributed by atoms with E-state index in [1.165, 1.54) is 5.19 Å². The second-order valence-electron chi connectivity index (χ2n) is 6.82. The molecule has 2 rings (SSSR count). The normalized spacial score (nSPS) is 12.7. The fourth-order valence-electron chi connectivity index (χ4n) is 2.45. The third kappa shape index (κ3) is 3.86. The van der Waals surface area contributed by atoms with Gasteiger partial charge < -0.3 is 0 Å². The average molecular weight is 330 g/mol. The van der Waals surface area contributed by atoms with Crippen LogP contribution in [0.15, 0.2) is 36.5 Å². The highest BCUT2D eigenvalue weighted by atomic mass is 28.3. The highest BCUT2D eigenvalue weighted by molar-refractivity contribution is 6.89. The van der Waals surface area contributed by atoms with Crippen molar-refractivity contribution in [3.8, 4) is 11.3 Å². The lowest BCUT2D eigenvalue weighted by molar-refractivity contribution is -0.182. The molecule has 0 fully saturated rings. The predicted molar refractivity (Wildman–Crippen MR) is 94.8 cm³/mol. The van der Waals surface area contributed by atoms with Crippen LogP contribution in [0.4, 0.5) is 0 Å². The summed E-state index contributed by atoms with van der Waals surface area (Å²) in [5, 5.41) is 9.62. The van der Waals surface area contributed by atoms with Crippen molar-refractivity contribution in [3.63, 3.8) is 0 Å². The molecule has 0 unspecified atom stereocenters. The lowest BCUT2D eigenvalue weighted by Gasteiger charge is -2.23. The van der Waals surface area contributed by atoms with Gasteiger partial charge in [0.15, 0.2) is 0 Å². The SMILES string of the molecule is [2H]C(C)(C)c1cc(-c2ccc(C(=O)OO)cc2)ncc1[Si](C)(C)C. The summed E-state index contributed by atoms with van der Waals surface area (Å²) in [6.45, 7) is 10.5. The van der Waals surface area contributed by atoms with Crippen LogP contribution < -0.4 is 5.19 Å². The predicted octanol–water partition coefficient (Wildman–Crippen LogP) is 4.05. The fourth-order valence-corrected chi connectivity index (χ4v) is 4.04. The highest BCUT2D eigenvalue weighted by Gasteiger charge is 2.22. The Labute approximate surface area is 139 Å². The molecule has 0 aliphatic carbocycles. The second kappa shape index (κ2) is 6.64. The summed E-state index contributed by atoms with van der Waals surface area (Å²) >= 11 is 0. The molecule has 0 spiro atoms. The third-order valence-corrected chi connectivity index (χ3v) is 5.76. The lowest BCUT2D eigenvalue weighted by Crippen LogP contribution is -2.40. The van der Waals surface area contributed by atoms with Gasteiger partial charge in [0.1, 0.15) is 0 Å². The number of pyridine rings is 1. The summed E-state index contributed by atoms with van der Waals surface area (Å²) in [4.78, 5) is 19.6. The molecular formula is C18H23NO3Si. The molecule has 0 atom stereocenters. The quantitative estimate of drug-likeness (QED) is 0.522. The first-order valence-corrected chi connectivity index (χ1v) is 11.0. The maximum Gasteiger partial charge on any atom is 0.372 e. The number of benzene rings is 1. The minimum absolute atomic E-state index is 0.265. The maximum atomic E-state index is 11.3. The minimum Gasteiger partial charge on any atom is -0.296 e. The van der Waals surface area contributed by atoms with E-state index in [2.05, 4.69) is 29.5 Å². The first-order valence-electron chi connectivity index (χ1n) is 8.01. The Morgan fingerprint density at radius 3 is 2.35 bits per heavy atom. The Hall–Kier alpha value is -1.98. The van der Waals surface area contributed by atoms with Crippen LogP contribution in [0.1, 0.15) is 37.0 Å². The monoisotopic (exact) mass is 330 g/mol. The standard InChI is InChI=1S/C18H23NO3Si/c1-12(2)15-10-16(19-11-17(15)23(3,4)5)13-6-8-14(9-7-13)18(20)22-21/h6-12,21H,1-5H3/i12D. The topological polar surface area (TPSA) is 59.4 Å². The van der Waals surface area contributed by atoms with Crippen molar-refractivity contribution in [1.29, 1.82) is 0 Å². The van der Waals surface area contributed by atoms with E-state index in [0.717, 1.165) is 16.8 Å². The number of hydrogen-bond donors (Lipinski definition) is 1. The van der Waals surface area contributed by atoms with Crippen molar-refractivity contribution in [2.45, 2.75) is 39.4 Å². The van der Waals surface area contributed by atoms with E-state index in [4.69, 9.17) is 6.63 Å². The highest BCUT2D eigenvalue weighted by Crippen LogP contribution is 2.23. The van der Waals surface area contributed by atoms with E-state index in [1.54, 1.807) is 24.3 Å². The van der Waals surface area contributed by atoms with Crippen LogP contribution in [0.25, 0.3) is 11.3 Å². The summed E-state index contributed by atoms with van der Waals surface area (Å²) < 4.78 is 8.47. The van der Waals surface area contributed by atoms with E-state index in [-0.39, 0.29) is 5.56 Å². The van der Waals surface area contributed by atoms with Crippen LogP contribution in [-0.2, 0) is 4.89 Å². The lowest BCUT2D eigenvalue weighted by atomic mass is 10.0. The summed E-state index contributed by atoms with van der Waals surface area (Å²) in [6.07, 6.45) is 1.89. The molecule has 0 amide bonds. The van der Waals surface area contributed by atoms with Crippen LogP contribution >= 0.6 is 0 Å². The van der Waals surface area contributed by atoms with Crippen molar-refractivity contribution >= 4 is 19.2 Å². The molecule has 1 heterocycles. The zero-order valence-corrected chi connectivity index (χ0v) is 15.2. The first-order chi connectivity index (χ1) is 11.0. The van der Waals surface area contributed by atoms with E-state index < -0.39 is 19.9 Å². The smallest absolute Gasteiger partial charge is 0.296 e. The molecule has 0 bridgehead atoms. The third-order valence-electron chi connectivity index (χ3n) is 3.75. The number of nitrogens with zero attached hydrogens (tertiary/aromatic N) is 1. The van der Waals surface area contributed by atoms with Gasteiger partial charge in [-0.05, 0) is 34.8 Å². The molecule has 1 aromatic carbocycles. The zero-order chi connectivity index (χ0) is 18.1. The number of carbonyl (C=O) groups excluding carboxylic acids is 1. The van der Waals surface area contributed by atoms with Crippen molar-refractivity contribution in [3.05, 3.63) is 47.7 Å². The van der Waals surface area contributed by atoms with Crippen molar-refractivity contribution in [2.24, 2.45) is 0 Å². The van der Waals surface area contributed by atoms with Gasteiger partial charge in [0.25, 0.3) is 0 Å². The molecule has 1 N–H and O–H groups in total. The van der Waals surface area contributed by atoms with Crippen LogP contribution in [0.3, 0.4) is 0 Å². The summed E-state index contributed by atoms with van der Waals surface area (Å²) in [6, 6.07) is 8.63. The van der Waals surface area contributed by atoms with Gasteiger partial charge in [0.2, 0.25) is 0 Å². The molecule has 0 aliphatic rings. The van der Waals surface area contributed by atoms with Crippen LogP contribution in [-0.4, -0.2) is 24.3 Å². The number of aromatic nitrogens is 1. The molecule has 0 saturated heterocycles. The van der Waals surface area contributed by atoms with E-state index in [1.807, 2.05) is 26.1 Å². The van der Waals surface area contributed by atoms with Gasteiger partial charge >= 0.3 is 5.97 Å². The van der Waals surface area contributed by atoms with Gasteiger partial charge in [-0.1, -0.05) is 45.6 Å². The fraction of sp³-hybridized carbons (Fsp3) is 0.333. The molecule has 2 aromatic rings. The van der Waals surface area contributed by atoms with Gasteiger partial charge in [-0.15, -0.1) is 0 Å². The van der Waals surface area contributed by atoms with Gasteiger partial charge in [-0.25, -0.2) is 4.79 Å². The number of hydrogen-bond acceptors (Lipinski definition) is 4. The van der Waals surface area contributed by atoms with Gasteiger partial charge in [0.05, 0.1) is 19.3 Å². The van der Waals surface area contributed by atoms with Crippen LogP contribution in [0, 0.1) is 0 Å². The van der Waals surface area contributed by atoms with Crippen LogP contribution in [0.2, 0.25) is 19.6 Å². The summed E-state index contributed by atoms with van der Waals surface area (Å²) in [5.74, 6) is -1.51. The van der Waals surface area contributed by atoms with E-state index >= 15 is 0 Å². The summed E-state index contributed by atoms with van der Waals surface area (Å²) in [5.41, 5.74) is 2.86. The van der Waals surface area contributed by atoms with E-state index in [9.17, 15) is 4.79 Å². The first kappa shape index (κ1) is 15.9. The molecular weight excluding hydrogens is 306 g/mol. The molecule has 1 aromatic heterocycles. The molecule has 4 nitrogen and oxygen atoms in total. The Balaban J connectivity index is 2.51. The molecule has 0 saturated carbocycles. The molecule has 0 radical (unpaired) electrons. The average Bonchev–Trinajstić information content (AvgIpc) is 2.52. The van der Waals surface area contributed by atoms with Crippen molar-refractivity contribution in [2.75, 3.05) is 0 Å². The molecule has 5 heteroatoms. The summed E-state index contributed by atoms with van der Waals surface area (Å²) in [7, 11) is -1.61. The van der Waals surface area contributed by atoms with E-state index in [0.29, 0.717) is 0 Å². The van der Waals surface area contributed by atoms with Crippen molar-refractivity contribution < 1.29 is 16.3 Å². The maximum absolute atomic E-state index is 11.3.